The van der Waals surface area contributed by atoms with Crippen molar-refractivity contribution >= 4 is 28.8 Å². The van der Waals surface area contributed by atoms with Gasteiger partial charge in [0.2, 0.25) is 0 Å². The van der Waals surface area contributed by atoms with E-state index in [9.17, 15) is 14.0 Å². The molecule has 1 saturated carbocycles. The largest absolute Gasteiger partial charge is 0.373 e. The highest BCUT2D eigenvalue weighted by Gasteiger charge is 2.39. The van der Waals surface area contributed by atoms with Gasteiger partial charge in [0.15, 0.2) is 11.4 Å². The monoisotopic (exact) mass is 448 g/mol. The number of fused-ring (bicyclic) bond motifs is 1. The van der Waals surface area contributed by atoms with Gasteiger partial charge >= 0.3 is 0 Å². The number of rotatable bonds is 7. The van der Waals surface area contributed by atoms with Crippen molar-refractivity contribution in [3.63, 3.8) is 0 Å². The summed E-state index contributed by atoms with van der Waals surface area (Å²) in [6.45, 7) is 1.75. The molecule has 4 aromatic rings. The molecular weight excluding hydrogens is 427 g/mol. The number of carbonyl (C=O) groups excluding carboxylic acids is 1. The quantitative estimate of drug-likeness (QED) is 0.414. The first-order valence-corrected chi connectivity index (χ1v) is 10.5. The van der Waals surface area contributed by atoms with Crippen LogP contribution < -0.4 is 16.2 Å². The first-order chi connectivity index (χ1) is 15.9. The molecule has 1 fully saturated rings. The molecule has 0 saturated heterocycles. The van der Waals surface area contributed by atoms with Crippen molar-refractivity contribution in [3.8, 4) is 5.82 Å². The minimum atomic E-state index is -0.909. The lowest BCUT2D eigenvalue weighted by Crippen LogP contribution is -2.21. The van der Waals surface area contributed by atoms with E-state index in [4.69, 9.17) is 0 Å². The van der Waals surface area contributed by atoms with Gasteiger partial charge in [0.1, 0.15) is 35.1 Å². The number of nitrogens with one attached hydrogen (secondary N) is 2. The maximum absolute atomic E-state index is 13.3. The number of hydrogen-bond donors (Lipinski definition) is 2. The summed E-state index contributed by atoms with van der Waals surface area (Å²) in [7, 11) is 1.71. The van der Waals surface area contributed by atoms with E-state index in [0.29, 0.717) is 40.9 Å². The fourth-order valence-corrected chi connectivity index (χ4v) is 3.66. The van der Waals surface area contributed by atoms with Crippen LogP contribution >= 0.6 is 0 Å². The van der Waals surface area contributed by atoms with Gasteiger partial charge in [0.05, 0.1) is 11.8 Å². The fraction of sp³-hybridized carbons (Fsp3) is 0.273. The molecule has 1 unspecified atom stereocenters. The van der Waals surface area contributed by atoms with Crippen LogP contribution in [0.4, 0.5) is 21.7 Å². The summed E-state index contributed by atoms with van der Waals surface area (Å²) in [5, 5.41) is 10.3. The number of pyridine rings is 1. The maximum atomic E-state index is 13.3. The molecule has 0 spiro atoms. The number of alkyl halides is 1. The van der Waals surface area contributed by atoms with Gasteiger partial charge < -0.3 is 10.6 Å². The average molecular weight is 448 g/mol. The van der Waals surface area contributed by atoms with Gasteiger partial charge in [0.25, 0.3) is 5.56 Å². The van der Waals surface area contributed by atoms with E-state index in [-0.39, 0.29) is 29.4 Å². The number of ketones is 1. The van der Waals surface area contributed by atoms with E-state index in [1.54, 1.807) is 50.6 Å². The predicted octanol–water partition coefficient (Wildman–Crippen LogP) is 2.69. The van der Waals surface area contributed by atoms with E-state index in [2.05, 4.69) is 30.7 Å². The molecule has 2 atom stereocenters. The minimum absolute atomic E-state index is 0.123. The minimum Gasteiger partial charge on any atom is -0.373 e. The topological polar surface area (TPSA) is 119 Å². The average Bonchev–Trinajstić information content (AvgIpc) is 3.31. The van der Waals surface area contributed by atoms with Gasteiger partial charge in [-0.25, -0.2) is 19.3 Å². The number of aromatic nitrogens is 6. The highest BCUT2D eigenvalue weighted by molar-refractivity contribution is 6.02. The molecule has 2 N–H and O–H groups in total. The normalized spacial score (nSPS) is 17.2. The van der Waals surface area contributed by atoms with E-state index in [1.165, 1.54) is 15.3 Å². The van der Waals surface area contributed by atoms with Crippen LogP contribution in [0.3, 0.4) is 0 Å². The second-order valence-electron chi connectivity index (χ2n) is 7.89. The summed E-state index contributed by atoms with van der Waals surface area (Å²) in [6.07, 6.45) is 4.28. The van der Waals surface area contributed by atoms with E-state index < -0.39 is 6.17 Å². The lowest BCUT2D eigenvalue weighted by atomic mass is 10.1. The number of anilines is 3. The molecule has 1 aliphatic rings. The van der Waals surface area contributed by atoms with Crippen molar-refractivity contribution < 1.29 is 9.18 Å². The van der Waals surface area contributed by atoms with Crippen molar-refractivity contribution in [2.24, 2.45) is 5.92 Å². The molecule has 0 aliphatic heterocycles. The second-order valence-corrected chi connectivity index (χ2v) is 7.89. The molecule has 1 aliphatic carbocycles. The Kier molecular flexibility index (Phi) is 5.08. The van der Waals surface area contributed by atoms with E-state index >= 15 is 0 Å². The van der Waals surface area contributed by atoms with Crippen LogP contribution in [0.15, 0.2) is 47.7 Å². The third-order valence-corrected chi connectivity index (χ3v) is 5.53. The summed E-state index contributed by atoms with van der Waals surface area (Å²) in [5.41, 5.74) is 0.596. The van der Waals surface area contributed by atoms with Crippen LogP contribution in [0.1, 0.15) is 29.0 Å². The Morgan fingerprint density at radius 3 is 2.85 bits per heavy atom. The Morgan fingerprint density at radius 2 is 2.12 bits per heavy atom. The number of halogens is 1. The summed E-state index contributed by atoms with van der Waals surface area (Å²) in [6, 6.07) is 6.68. The zero-order valence-electron chi connectivity index (χ0n) is 18.0. The highest BCUT2D eigenvalue weighted by Crippen LogP contribution is 2.38. The first-order valence-electron chi connectivity index (χ1n) is 10.5. The lowest BCUT2D eigenvalue weighted by Gasteiger charge is -2.11. The third-order valence-electron chi connectivity index (χ3n) is 5.53. The SMILES string of the molecule is CNc1cc(Nc2cccn(-c3ccnc(C)n3)c2=O)nc2c(C(=O)CC3C[C@@H]3F)cnn12. The molecule has 0 aromatic carbocycles. The Bertz CT molecular complexity index is 1430. The van der Waals surface area contributed by atoms with Crippen LogP contribution in [-0.4, -0.2) is 48.1 Å². The Hall–Kier alpha value is -4.15. The second kappa shape index (κ2) is 8.08. The van der Waals surface area contributed by atoms with E-state index in [1.807, 2.05) is 0 Å². The zero-order valence-corrected chi connectivity index (χ0v) is 18.0. The Labute approximate surface area is 187 Å². The van der Waals surface area contributed by atoms with Crippen molar-refractivity contribution in [1.29, 1.82) is 0 Å². The third kappa shape index (κ3) is 3.93. The number of aryl methyl sites for hydroxylation is 1. The number of hydrogen-bond acceptors (Lipinski definition) is 8. The number of Topliss-reactive ketones (excluding diaryl/α,β-unsaturated/α-hetero) is 1. The number of carbonyl (C=O) groups is 1. The molecule has 0 bridgehead atoms. The first kappa shape index (κ1) is 20.7. The predicted molar refractivity (Wildman–Crippen MR) is 120 cm³/mol. The molecule has 4 heterocycles. The van der Waals surface area contributed by atoms with E-state index in [0.717, 1.165) is 0 Å². The highest BCUT2D eigenvalue weighted by atomic mass is 19.1. The summed E-state index contributed by atoms with van der Waals surface area (Å²) in [5.74, 6) is 1.48. The van der Waals surface area contributed by atoms with Gasteiger partial charge in [-0.3, -0.25) is 14.2 Å². The van der Waals surface area contributed by atoms with Crippen molar-refractivity contribution in [2.45, 2.75) is 25.9 Å². The fourth-order valence-electron chi connectivity index (χ4n) is 3.66. The molecule has 4 aromatic heterocycles. The van der Waals surface area contributed by atoms with Gasteiger partial charge in [-0.1, -0.05) is 0 Å². The summed E-state index contributed by atoms with van der Waals surface area (Å²) < 4.78 is 16.2. The number of nitrogens with zero attached hydrogens (tertiary/aromatic N) is 6. The summed E-state index contributed by atoms with van der Waals surface area (Å²) >= 11 is 0. The Morgan fingerprint density at radius 1 is 1.30 bits per heavy atom. The van der Waals surface area contributed by atoms with Crippen LogP contribution in [0.25, 0.3) is 11.5 Å². The van der Waals surface area contributed by atoms with Crippen molar-refractivity contribution in [3.05, 3.63) is 64.6 Å². The maximum Gasteiger partial charge on any atom is 0.279 e. The molecule has 33 heavy (non-hydrogen) atoms. The Balaban J connectivity index is 1.52. The van der Waals surface area contributed by atoms with Crippen LogP contribution in [0.5, 0.6) is 0 Å². The van der Waals surface area contributed by atoms with Crippen LogP contribution in [0.2, 0.25) is 0 Å². The zero-order chi connectivity index (χ0) is 23.1. The molecule has 0 amide bonds. The van der Waals surface area contributed by atoms with Gasteiger partial charge in [-0.2, -0.15) is 9.61 Å². The molecule has 5 rings (SSSR count). The summed E-state index contributed by atoms with van der Waals surface area (Å²) in [4.78, 5) is 38.7. The molecule has 10 nitrogen and oxygen atoms in total. The lowest BCUT2D eigenvalue weighted by molar-refractivity contribution is 0.0974. The molecule has 11 heteroatoms. The van der Waals surface area contributed by atoms with Crippen molar-refractivity contribution in [2.75, 3.05) is 17.7 Å². The van der Waals surface area contributed by atoms with Gasteiger partial charge in [0, 0.05) is 37.8 Å². The van der Waals surface area contributed by atoms with Gasteiger partial charge in [-0.05, 0) is 31.5 Å². The van der Waals surface area contributed by atoms with Gasteiger partial charge in [-0.15, -0.1) is 0 Å². The molecular formula is C22H21FN8O2. The molecule has 168 valence electrons. The molecule has 0 radical (unpaired) electrons. The smallest absolute Gasteiger partial charge is 0.279 e. The van der Waals surface area contributed by atoms with Crippen LogP contribution in [0, 0.1) is 12.8 Å². The standard InChI is InChI=1S/C22H21FN8O2/c1-12-25-6-5-19(27-12)30-7-3-4-16(22(30)33)28-18-10-20(24-2)31-21(29-18)14(11-26-31)17(32)9-13-8-15(13)23/h3-7,10-11,13,15,24H,8-9H2,1-2H3,(H,28,29)/t13?,15-/m0/s1. The van der Waals surface area contributed by atoms with Crippen molar-refractivity contribution in [1.82, 2.24) is 29.1 Å². The van der Waals surface area contributed by atoms with Crippen LogP contribution in [-0.2, 0) is 0 Å².